The topological polar surface area (TPSA) is 17.1 Å². The average molecular weight is 291 g/mol. The standard InChI is InChI=1S/C17H16ClFO/c1-10-6-11(2)14(12(3)7-10)9-17(20)13-4-5-16(19)15(18)8-13/h4-8H,9H2,1-3H3. The predicted octanol–water partition coefficient (Wildman–Crippen LogP) is 4.83. The van der Waals surface area contributed by atoms with E-state index in [1.807, 2.05) is 20.8 Å². The third kappa shape index (κ3) is 3.07. The largest absolute Gasteiger partial charge is 0.294 e. The highest BCUT2D eigenvalue weighted by molar-refractivity contribution is 6.31. The molecule has 2 rings (SSSR count). The van der Waals surface area contributed by atoms with Gasteiger partial charge in [-0.05, 0) is 55.7 Å². The Morgan fingerprint density at radius 1 is 1.10 bits per heavy atom. The Hall–Kier alpha value is -1.67. The van der Waals surface area contributed by atoms with Gasteiger partial charge in [-0.2, -0.15) is 0 Å². The number of hydrogen-bond acceptors (Lipinski definition) is 1. The first kappa shape index (κ1) is 14.7. The van der Waals surface area contributed by atoms with Crippen LogP contribution in [0.5, 0.6) is 0 Å². The molecule has 0 saturated carbocycles. The second kappa shape index (κ2) is 5.76. The van der Waals surface area contributed by atoms with Crippen LogP contribution in [0.3, 0.4) is 0 Å². The molecule has 20 heavy (non-hydrogen) atoms. The third-order valence-electron chi connectivity index (χ3n) is 3.42. The Morgan fingerprint density at radius 2 is 1.70 bits per heavy atom. The minimum absolute atomic E-state index is 0.0202. The Morgan fingerprint density at radius 3 is 2.25 bits per heavy atom. The van der Waals surface area contributed by atoms with Crippen LogP contribution >= 0.6 is 11.6 Å². The smallest absolute Gasteiger partial charge is 0.167 e. The molecule has 0 saturated heterocycles. The van der Waals surface area contributed by atoms with Crippen LogP contribution < -0.4 is 0 Å². The van der Waals surface area contributed by atoms with E-state index in [-0.39, 0.29) is 10.8 Å². The van der Waals surface area contributed by atoms with Crippen molar-refractivity contribution in [3.05, 3.63) is 69.0 Å². The lowest BCUT2D eigenvalue weighted by atomic mass is 9.94. The molecule has 0 aliphatic rings. The van der Waals surface area contributed by atoms with Crippen LogP contribution in [-0.2, 0) is 6.42 Å². The van der Waals surface area contributed by atoms with E-state index in [2.05, 4.69) is 12.1 Å². The maximum atomic E-state index is 13.1. The molecule has 0 N–H and O–H groups in total. The molecular formula is C17H16ClFO. The SMILES string of the molecule is Cc1cc(C)c(CC(=O)c2ccc(F)c(Cl)c2)c(C)c1. The summed E-state index contributed by atoms with van der Waals surface area (Å²) in [4.78, 5) is 12.3. The quantitative estimate of drug-likeness (QED) is 0.740. The number of carbonyl (C=O) groups is 1. The van der Waals surface area contributed by atoms with Crippen LogP contribution in [0.1, 0.15) is 32.6 Å². The molecule has 0 aliphatic carbocycles. The minimum atomic E-state index is -0.508. The second-order valence-electron chi connectivity index (χ2n) is 5.11. The van der Waals surface area contributed by atoms with Gasteiger partial charge in [0, 0.05) is 12.0 Å². The Bertz CT molecular complexity index is 654. The fourth-order valence-corrected chi connectivity index (χ4v) is 2.60. The molecule has 104 valence electrons. The fourth-order valence-electron chi connectivity index (χ4n) is 2.42. The summed E-state index contributed by atoms with van der Waals surface area (Å²) in [6.45, 7) is 6.03. The van der Waals surface area contributed by atoms with Crippen LogP contribution in [0.25, 0.3) is 0 Å². The van der Waals surface area contributed by atoms with E-state index < -0.39 is 5.82 Å². The molecule has 0 amide bonds. The summed E-state index contributed by atoms with van der Waals surface area (Å²) < 4.78 is 13.1. The number of ketones is 1. The monoisotopic (exact) mass is 290 g/mol. The molecule has 0 unspecified atom stereocenters. The van der Waals surface area contributed by atoms with Crippen molar-refractivity contribution in [2.45, 2.75) is 27.2 Å². The molecule has 1 nitrogen and oxygen atoms in total. The maximum absolute atomic E-state index is 13.1. The molecule has 0 heterocycles. The number of hydrogen-bond donors (Lipinski definition) is 0. The van der Waals surface area contributed by atoms with E-state index in [1.165, 1.54) is 23.8 Å². The van der Waals surface area contributed by atoms with Gasteiger partial charge < -0.3 is 0 Å². The van der Waals surface area contributed by atoms with Gasteiger partial charge in [-0.1, -0.05) is 29.3 Å². The van der Waals surface area contributed by atoms with Gasteiger partial charge in [-0.25, -0.2) is 4.39 Å². The zero-order chi connectivity index (χ0) is 14.9. The van der Waals surface area contributed by atoms with Crippen molar-refractivity contribution in [3.63, 3.8) is 0 Å². The summed E-state index contributed by atoms with van der Waals surface area (Å²) in [6, 6.07) is 8.21. The molecule has 0 fully saturated rings. The van der Waals surface area contributed by atoms with Gasteiger partial charge in [0.1, 0.15) is 5.82 Å². The van der Waals surface area contributed by atoms with E-state index in [4.69, 9.17) is 11.6 Å². The number of carbonyl (C=O) groups excluding carboxylic acids is 1. The normalized spacial score (nSPS) is 10.7. The van der Waals surface area contributed by atoms with E-state index in [0.717, 1.165) is 16.7 Å². The van der Waals surface area contributed by atoms with Crippen LogP contribution in [0.4, 0.5) is 4.39 Å². The number of halogens is 2. The first-order chi connectivity index (χ1) is 9.38. The van der Waals surface area contributed by atoms with Crippen LogP contribution in [0.15, 0.2) is 30.3 Å². The van der Waals surface area contributed by atoms with Crippen molar-refractivity contribution >= 4 is 17.4 Å². The Kier molecular flexibility index (Phi) is 4.24. The lowest BCUT2D eigenvalue weighted by molar-refractivity contribution is 0.0992. The molecule has 0 atom stereocenters. The van der Waals surface area contributed by atoms with Crippen LogP contribution in [0.2, 0.25) is 5.02 Å². The van der Waals surface area contributed by atoms with Crippen molar-refractivity contribution < 1.29 is 9.18 Å². The lowest BCUT2D eigenvalue weighted by Crippen LogP contribution is -2.07. The molecule has 0 radical (unpaired) electrons. The van der Waals surface area contributed by atoms with Crippen LogP contribution in [-0.4, -0.2) is 5.78 Å². The molecule has 2 aromatic carbocycles. The number of aryl methyl sites for hydroxylation is 3. The van der Waals surface area contributed by atoms with Crippen molar-refractivity contribution in [1.82, 2.24) is 0 Å². The van der Waals surface area contributed by atoms with E-state index >= 15 is 0 Å². The second-order valence-corrected chi connectivity index (χ2v) is 5.51. The molecule has 0 spiro atoms. The van der Waals surface area contributed by atoms with Crippen molar-refractivity contribution in [2.24, 2.45) is 0 Å². The molecular weight excluding hydrogens is 275 g/mol. The number of Topliss-reactive ketones (excluding diaryl/α,β-unsaturated/α-hetero) is 1. The van der Waals surface area contributed by atoms with Crippen LogP contribution in [0, 0.1) is 26.6 Å². The van der Waals surface area contributed by atoms with Crippen molar-refractivity contribution in [1.29, 1.82) is 0 Å². The third-order valence-corrected chi connectivity index (χ3v) is 3.71. The number of benzene rings is 2. The van der Waals surface area contributed by atoms with Gasteiger partial charge in [0.15, 0.2) is 5.78 Å². The zero-order valence-corrected chi connectivity index (χ0v) is 12.5. The summed E-state index contributed by atoms with van der Waals surface area (Å²) in [5.74, 6) is -0.562. The van der Waals surface area contributed by atoms with E-state index in [9.17, 15) is 9.18 Å². The highest BCUT2D eigenvalue weighted by atomic mass is 35.5. The predicted molar refractivity (Wildman–Crippen MR) is 80.1 cm³/mol. The van der Waals surface area contributed by atoms with Gasteiger partial charge in [0.25, 0.3) is 0 Å². The summed E-state index contributed by atoms with van der Waals surface area (Å²) in [5.41, 5.74) is 4.85. The fraction of sp³-hybridized carbons (Fsp3) is 0.235. The van der Waals surface area contributed by atoms with E-state index in [0.29, 0.717) is 12.0 Å². The van der Waals surface area contributed by atoms with Gasteiger partial charge in [-0.15, -0.1) is 0 Å². The lowest BCUT2D eigenvalue weighted by Gasteiger charge is -2.11. The molecule has 0 aromatic heterocycles. The van der Waals surface area contributed by atoms with Gasteiger partial charge in [0.05, 0.1) is 5.02 Å². The van der Waals surface area contributed by atoms with Crippen molar-refractivity contribution in [3.8, 4) is 0 Å². The van der Waals surface area contributed by atoms with Gasteiger partial charge in [0.2, 0.25) is 0 Å². The van der Waals surface area contributed by atoms with Crippen molar-refractivity contribution in [2.75, 3.05) is 0 Å². The molecule has 2 aromatic rings. The highest BCUT2D eigenvalue weighted by Gasteiger charge is 2.13. The summed E-state index contributed by atoms with van der Waals surface area (Å²) in [5, 5.41) is -0.0202. The first-order valence-electron chi connectivity index (χ1n) is 6.43. The maximum Gasteiger partial charge on any atom is 0.167 e. The average Bonchev–Trinajstić information content (AvgIpc) is 2.36. The highest BCUT2D eigenvalue weighted by Crippen LogP contribution is 2.21. The summed E-state index contributed by atoms with van der Waals surface area (Å²) in [6.07, 6.45) is 0.305. The van der Waals surface area contributed by atoms with Gasteiger partial charge in [-0.3, -0.25) is 4.79 Å². The summed E-state index contributed by atoms with van der Waals surface area (Å²) >= 11 is 5.72. The Labute approximate surface area is 123 Å². The zero-order valence-electron chi connectivity index (χ0n) is 11.8. The Balaban J connectivity index is 2.30. The molecule has 0 bridgehead atoms. The van der Waals surface area contributed by atoms with Gasteiger partial charge >= 0.3 is 0 Å². The summed E-state index contributed by atoms with van der Waals surface area (Å²) in [7, 11) is 0. The molecule has 3 heteroatoms. The van der Waals surface area contributed by atoms with E-state index in [1.54, 1.807) is 0 Å². The molecule has 0 aliphatic heterocycles. The minimum Gasteiger partial charge on any atom is -0.294 e. The first-order valence-corrected chi connectivity index (χ1v) is 6.81. The number of rotatable bonds is 3.